The molecule has 0 atom stereocenters. The number of amides is 1. The van der Waals surface area contributed by atoms with Gasteiger partial charge in [-0.05, 0) is 36.6 Å². The number of rotatable bonds is 4. The van der Waals surface area contributed by atoms with Gasteiger partial charge in [0.25, 0.3) is 0 Å². The Morgan fingerprint density at radius 2 is 1.59 bits per heavy atom. The van der Waals surface area contributed by atoms with Crippen LogP contribution in [0.15, 0.2) is 60.7 Å². The summed E-state index contributed by atoms with van der Waals surface area (Å²) in [6.07, 6.45) is -0.710. The first-order valence-electron chi connectivity index (χ1n) is 9.24. The topological polar surface area (TPSA) is 46.6 Å². The molecule has 0 N–H and O–H groups in total. The standard InChI is InChI=1S/C22H20F3NO3/c23-22(24,25)18-8-4-5-9-19(18)29-21(28)17-12-14-26(15-13-17)20(27)11-10-16-6-2-1-3-7-16/h1-11,17H,12-15H2/b11-10+. The van der Waals surface area contributed by atoms with Crippen molar-refractivity contribution in [2.75, 3.05) is 13.1 Å². The Bertz CT molecular complexity index is 886. The predicted octanol–water partition coefficient (Wildman–Crippen LogP) is 4.56. The van der Waals surface area contributed by atoms with Gasteiger partial charge < -0.3 is 9.64 Å². The highest BCUT2D eigenvalue weighted by atomic mass is 19.4. The Labute approximate surface area is 166 Å². The molecular weight excluding hydrogens is 383 g/mol. The third-order valence-corrected chi connectivity index (χ3v) is 4.76. The fraction of sp³-hybridized carbons (Fsp3) is 0.273. The number of likely N-dealkylation sites (tertiary alicyclic amines) is 1. The van der Waals surface area contributed by atoms with E-state index in [0.29, 0.717) is 25.9 Å². The number of halogens is 3. The SMILES string of the molecule is O=C(Oc1ccccc1C(F)(F)F)C1CCN(C(=O)/C=C/c2ccccc2)CC1. The number of carbonyl (C=O) groups is 2. The smallest absolute Gasteiger partial charge is 0.419 e. The summed E-state index contributed by atoms with van der Waals surface area (Å²) in [5, 5.41) is 0. The van der Waals surface area contributed by atoms with Crippen LogP contribution in [0.25, 0.3) is 6.08 Å². The number of hydrogen-bond donors (Lipinski definition) is 0. The highest BCUT2D eigenvalue weighted by Gasteiger charge is 2.36. The van der Waals surface area contributed by atoms with E-state index in [1.54, 1.807) is 11.0 Å². The second-order valence-electron chi connectivity index (χ2n) is 6.76. The minimum atomic E-state index is -4.60. The molecule has 1 aliphatic rings. The fourth-order valence-corrected chi connectivity index (χ4v) is 3.15. The molecule has 2 aromatic rings. The van der Waals surface area contributed by atoms with E-state index in [9.17, 15) is 22.8 Å². The molecule has 0 aromatic heterocycles. The highest BCUT2D eigenvalue weighted by molar-refractivity contribution is 5.92. The van der Waals surface area contributed by atoms with Crippen molar-refractivity contribution in [3.8, 4) is 5.75 Å². The quantitative estimate of drug-likeness (QED) is 0.427. The maximum absolute atomic E-state index is 13.0. The van der Waals surface area contributed by atoms with Crippen LogP contribution >= 0.6 is 0 Å². The van der Waals surface area contributed by atoms with Gasteiger partial charge >= 0.3 is 12.1 Å². The molecule has 3 rings (SSSR count). The van der Waals surface area contributed by atoms with Crippen molar-refractivity contribution in [3.63, 3.8) is 0 Å². The van der Waals surface area contributed by atoms with Gasteiger partial charge in [-0.25, -0.2) is 0 Å². The lowest BCUT2D eigenvalue weighted by Gasteiger charge is -2.30. The average molecular weight is 403 g/mol. The molecule has 0 bridgehead atoms. The monoisotopic (exact) mass is 403 g/mol. The molecule has 1 saturated heterocycles. The van der Waals surface area contributed by atoms with Crippen molar-refractivity contribution >= 4 is 18.0 Å². The number of alkyl halides is 3. The van der Waals surface area contributed by atoms with Crippen molar-refractivity contribution in [3.05, 3.63) is 71.8 Å². The van der Waals surface area contributed by atoms with E-state index in [0.717, 1.165) is 17.7 Å². The molecule has 0 spiro atoms. The van der Waals surface area contributed by atoms with Crippen molar-refractivity contribution in [1.29, 1.82) is 0 Å². The van der Waals surface area contributed by atoms with Gasteiger partial charge in [0.05, 0.1) is 11.5 Å². The molecule has 2 aromatic carbocycles. The van der Waals surface area contributed by atoms with E-state index in [1.807, 2.05) is 30.3 Å². The predicted molar refractivity (Wildman–Crippen MR) is 102 cm³/mol. The van der Waals surface area contributed by atoms with Crippen LogP contribution in [0.4, 0.5) is 13.2 Å². The van der Waals surface area contributed by atoms with Gasteiger partial charge in [0.2, 0.25) is 5.91 Å². The van der Waals surface area contributed by atoms with E-state index in [2.05, 4.69) is 0 Å². The maximum atomic E-state index is 13.0. The molecule has 0 unspecified atom stereocenters. The molecule has 0 aliphatic carbocycles. The van der Waals surface area contributed by atoms with Gasteiger partial charge in [-0.3, -0.25) is 9.59 Å². The second kappa shape index (κ2) is 8.94. The Morgan fingerprint density at radius 3 is 2.24 bits per heavy atom. The molecule has 1 aliphatic heterocycles. The zero-order valence-corrected chi connectivity index (χ0v) is 15.6. The normalized spacial score (nSPS) is 15.5. The second-order valence-corrected chi connectivity index (χ2v) is 6.76. The molecule has 1 amide bonds. The molecule has 1 heterocycles. The van der Waals surface area contributed by atoms with Gasteiger partial charge in [0.15, 0.2) is 0 Å². The van der Waals surface area contributed by atoms with Crippen LogP contribution in [0, 0.1) is 5.92 Å². The first-order chi connectivity index (χ1) is 13.8. The summed E-state index contributed by atoms with van der Waals surface area (Å²) in [6.45, 7) is 0.692. The molecule has 0 radical (unpaired) electrons. The number of nitrogens with zero attached hydrogens (tertiary/aromatic N) is 1. The number of hydrogen-bond acceptors (Lipinski definition) is 3. The average Bonchev–Trinajstić information content (AvgIpc) is 2.72. The van der Waals surface area contributed by atoms with E-state index >= 15 is 0 Å². The Kier molecular flexibility index (Phi) is 6.36. The molecule has 4 nitrogen and oxygen atoms in total. The van der Waals surface area contributed by atoms with E-state index in [-0.39, 0.29) is 5.91 Å². The molecule has 0 saturated carbocycles. The van der Waals surface area contributed by atoms with Crippen LogP contribution in [-0.4, -0.2) is 29.9 Å². The van der Waals surface area contributed by atoms with Gasteiger partial charge in [0.1, 0.15) is 5.75 Å². The minimum absolute atomic E-state index is 0.164. The third-order valence-electron chi connectivity index (χ3n) is 4.76. The first-order valence-corrected chi connectivity index (χ1v) is 9.24. The van der Waals surface area contributed by atoms with Crippen LogP contribution < -0.4 is 4.74 Å². The van der Waals surface area contributed by atoms with Crippen LogP contribution in [0.5, 0.6) is 5.75 Å². The van der Waals surface area contributed by atoms with Crippen molar-refractivity contribution in [1.82, 2.24) is 4.90 Å². The van der Waals surface area contributed by atoms with Gasteiger partial charge in [0, 0.05) is 19.2 Å². The first kappa shape index (κ1) is 20.6. The van der Waals surface area contributed by atoms with Gasteiger partial charge in [-0.2, -0.15) is 13.2 Å². The molecule has 1 fully saturated rings. The summed E-state index contributed by atoms with van der Waals surface area (Å²) in [5.74, 6) is -1.90. The summed E-state index contributed by atoms with van der Waals surface area (Å²) in [6, 6.07) is 14.0. The molecule has 152 valence electrons. The summed E-state index contributed by atoms with van der Waals surface area (Å²) < 4.78 is 44.1. The molecular formula is C22H20F3NO3. The maximum Gasteiger partial charge on any atom is 0.419 e. The number of ether oxygens (including phenoxy) is 1. The van der Waals surface area contributed by atoms with Crippen LogP contribution in [0.1, 0.15) is 24.0 Å². The fourth-order valence-electron chi connectivity index (χ4n) is 3.15. The number of carbonyl (C=O) groups excluding carboxylic acids is 2. The summed E-state index contributed by atoms with van der Waals surface area (Å²) in [5.41, 5.74) is -0.0744. The summed E-state index contributed by atoms with van der Waals surface area (Å²) in [7, 11) is 0. The highest BCUT2D eigenvalue weighted by Crippen LogP contribution is 2.36. The Morgan fingerprint density at radius 1 is 0.966 bits per heavy atom. The van der Waals surface area contributed by atoms with E-state index in [4.69, 9.17) is 4.74 Å². The number of para-hydroxylation sites is 1. The molecule has 29 heavy (non-hydrogen) atoms. The van der Waals surface area contributed by atoms with E-state index in [1.165, 1.54) is 18.2 Å². The summed E-state index contributed by atoms with van der Waals surface area (Å²) >= 11 is 0. The van der Waals surface area contributed by atoms with Crippen LogP contribution in [0.3, 0.4) is 0 Å². The number of esters is 1. The molecule has 7 heteroatoms. The van der Waals surface area contributed by atoms with Crippen LogP contribution in [0.2, 0.25) is 0 Å². The van der Waals surface area contributed by atoms with Crippen molar-refractivity contribution in [2.24, 2.45) is 5.92 Å². The van der Waals surface area contributed by atoms with Gasteiger partial charge in [-0.1, -0.05) is 42.5 Å². The third kappa shape index (κ3) is 5.47. The van der Waals surface area contributed by atoms with E-state index < -0.39 is 29.4 Å². The lowest BCUT2D eigenvalue weighted by molar-refractivity contribution is -0.146. The zero-order chi connectivity index (χ0) is 20.9. The minimum Gasteiger partial charge on any atom is -0.426 e. The van der Waals surface area contributed by atoms with Crippen molar-refractivity contribution < 1.29 is 27.5 Å². The Balaban J connectivity index is 1.55. The lowest BCUT2D eigenvalue weighted by atomic mass is 9.97. The van der Waals surface area contributed by atoms with Crippen molar-refractivity contribution in [2.45, 2.75) is 19.0 Å². The zero-order valence-electron chi connectivity index (χ0n) is 15.6. The lowest BCUT2D eigenvalue weighted by Crippen LogP contribution is -2.40. The largest absolute Gasteiger partial charge is 0.426 e. The van der Waals surface area contributed by atoms with Crippen LogP contribution in [-0.2, 0) is 15.8 Å². The number of piperidine rings is 1. The number of benzene rings is 2. The van der Waals surface area contributed by atoms with Gasteiger partial charge in [-0.15, -0.1) is 0 Å². The Hall–Kier alpha value is -3.09. The summed E-state index contributed by atoms with van der Waals surface area (Å²) in [4.78, 5) is 26.2.